The molecule has 0 fully saturated rings. The molecule has 0 aliphatic carbocycles. The number of rotatable bonds is 3. The molecule has 0 bridgehead atoms. The molecular weight excluding hydrogens is 274 g/mol. The zero-order chi connectivity index (χ0) is 15.0. The molecule has 0 spiro atoms. The molecule has 2 aromatic heterocycles. The van der Waals surface area contributed by atoms with Crippen molar-refractivity contribution in [2.24, 2.45) is 0 Å². The average Bonchev–Trinajstić information content (AvgIpc) is 3.06. The topological polar surface area (TPSA) is 108 Å². The van der Waals surface area contributed by atoms with E-state index in [9.17, 15) is 10.1 Å². The first-order valence-electron chi connectivity index (χ1n) is 6.13. The third-order valence-electron chi connectivity index (χ3n) is 3.05. The molecule has 2 N–H and O–H groups in total. The third-order valence-corrected chi connectivity index (χ3v) is 3.05. The second-order valence-corrected chi connectivity index (χ2v) is 4.53. The van der Waals surface area contributed by atoms with E-state index >= 15 is 0 Å². The summed E-state index contributed by atoms with van der Waals surface area (Å²) in [6.45, 7) is 1.97. The molecule has 0 radical (unpaired) electrons. The number of nitrogens with two attached hydrogens (primary N) is 1. The van der Waals surface area contributed by atoms with E-state index in [1.165, 1.54) is 12.1 Å². The number of anilines is 1. The van der Waals surface area contributed by atoms with Crippen LogP contribution in [0.5, 0.6) is 0 Å². The second kappa shape index (κ2) is 4.78. The molecule has 3 rings (SSSR count). The van der Waals surface area contributed by atoms with Gasteiger partial charge in [0.2, 0.25) is 5.76 Å². The fourth-order valence-corrected chi connectivity index (χ4v) is 2.02. The Morgan fingerprint density at radius 1 is 1.19 bits per heavy atom. The van der Waals surface area contributed by atoms with Gasteiger partial charge in [-0.05, 0) is 18.6 Å². The summed E-state index contributed by atoms with van der Waals surface area (Å²) in [5.41, 5.74) is 8.29. The Labute approximate surface area is 119 Å². The molecule has 0 atom stereocenters. The fourth-order valence-electron chi connectivity index (χ4n) is 2.02. The van der Waals surface area contributed by atoms with Crippen LogP contribution in [0.4, 0.5) is 11.7 Å². The Hall–Kier alpha value is -3.09. The summed E-state index contributed by atoms with van der Waals surface area (Å²) in [6, 6.07) is 10.3. The van der Waals surface area contributed by atoms with Gasteiger partial charge in [0.05, 0.1) is 11.6 Å². The first kappa shape index (κ1) is 12.9. The van der Waals surface area contributed by atoms with Gasteiger partial charge in [-0.1, -0.05) is 35.0 Å². The number of nitro groups is 1. The molecule has 106 valence electrons. The number of furan rings is 1. The molecular formula is C14H11N3O4. The standard InChI is InChI=1S/C14H11N3O4/c1-8-2-4-9(5-3-8)12-13(21-16-14(12)15)10-6-7-11(20-10)17(18)19/h2-7H,1H3,(H2,15,16). The van der Waals surface area contributed by atoms with Gasteiger partial charge < -0.3 is 14.7 Å². The Morgan fingerprint density at radius 2 is 1.90 bits per heavy atom. The number of hydrogen-bond donors (Lipinski definition) is 1. The van der Waals surface area contributed by atoms with Crippen LogP contribution >= 0.6 is 0 Å². The van der Waals surface area contributed by atoms with Crippen LogP contribution in [0.1, 0.15) is 5.56 Å². The van der Waals surface area contributed by atoms with E-state index in [1.54, 1.807) is 0 Å². The van der Waals surface area contributed by atoms with Gasteiger partial charge in [-0.2, -0.15) is 0 Å². The highest BCUT2D eigenvalue weighted by atomic mass is 16.6. The van der Waals surface area contributed by atoms with Crippen molar-refractivity contribution in [2.45, 2.75) is 6.92 Å². The molecule has 0 saturated carbocycles. The highest BCUT2D eigenvalue weighted by Crippen LogP contribution is 2.38. The summed E-state index contributed by atoms with van der Waals surface area (Å²) >= 11 is 0. The van der Waals surface area contributed by atoms with E-state index in [-0.39, 0.29) is 23.2 Å². The van der Waals surface area contributed by atoms with Gasteiger partial charge in [0, 0.05) is 0 Å². The lowest BCUT2D eigenvalue weighted by atomic mass is 10.0. The van der Waals surface area contributed by atoms with Crippen LogP contribution in [0.2, 0.25) is 0 Å². The van der Waals surface area contributed by atoms with Crippen molar-refractivity contribution in [2.75, 3.05) is 5.73 Å². The lowest BCUT2D eigenvalue weighted by Crippen LogP contribution is -1.88. The molecule has 7 nitrogen and oxygen atoms in total. The molecule has 0 aliphatic rings. The maximum atomic E-state index is 10.7. The number of nitrogen functional groups attached to an aromatic ring is 1. The molecule has 0 aliphatic heterocycles. The van der Waals surface area contributed by atoms with E-state index in [0.717, 1.165) is 11.1 Å². The van der Waals surface area contributed by atoms with Gasteiger partial charge in [0.15, 0.2) is 11.6 Å². The molecule has 0 amide bonds. The molecule has 2 heterocycles. The van der Waals surface area contributed by atoms with Crippen molar-refractivity contribution in [1.29, 1.82) is 0 Å². The van der Waals surface area contributed by atoms with Crippen molar-refractivity contribution in [1.82, 2.24) is 5.16 Å². The van der Waals surface area contributed by atoms with Crippen LogP contribution in [-0.2, 0) is 0 Å². The Kier molecular flexibility index (Phi) is 2.94. The van der Waals surface area contributed by atoms with E-state index in [1.807, 2.05) is 31.2 Å². The molecule has 3 aromatic rings. The van der Waals surface area contributed by atoms with Crippen LogP contribution < -0.4 is 5.73 Å². The van der Waals surface area contributed by atoms with Crippen molar-refractivity contribution in [3.8, 4) is 22.6 Å². The molecule has 1 aromatic carbocycles. The largest absolute Gasteiger partial charge is 0.433 e. The maximum Gasteiger partial charge on any atom is 0.433 e. The molecule has 0 saturated heterocycles. The Balaban J connectivity index is 2.11. The summed E-state index contributed by atoms with van der Waals surface area (Å²) < 4.78 is 10.3. The lowest BCUT2D eigenvalue weighted by Gasteiger charge is -2.01. The summed E-state index contributed by atoms with van der Waals surface area (Å²) in [7, 11) is 0. The van der Waals surface area contributed by atoms with Crippen LogP contribution in [0.15, 0.2) is 45.3 Å². The van der Waals surface area contributed by atoms with Crippen molar-refractivity contribution in [3.05, 3.63) is 52.1 Å². The molecule has 21 heavy (non-hydrogen) atoms. The summed E-state index contributed by atoms with van der Waals surface area (Å²) in [5.74, 6) is 0.314. The van der Waals surface area contributed by atoms with Gasteiger partial charge in [0.25, 0.3) is 0 Å². The Bertz CT molecular complexity index is 802. The smallest absolute Gasteiger partial charge is 0.397 e. The molecule has 0 unspecified atom stereocenters. The highest BCUT2D eigenvalue weighted by Gasteiger charge is 2.22. The van der Waals surface area contributed by atoms with Gasteiger partial charge >= 0.3 is 5.88 Å². The number of hydrogen-bond acceptors (Lipinski definition) is 6. The minimum Gasteiger partial charge on any atom is -0.397 e. The Morgan fingerprint density at radius 3 is 2.52 bits per heavy atom. The van der Waals surface area contributed by atoms with Crippen molar-refractivity contribution >= 4 is 11.7 Å². The predicted octanol–water partition coefficient (Wildman–Crippen LogP) is 3.40. The van der Waals surface area contributed by atoms with E-state index in [0.29, 0.717) is 5.56 Å². The van der Waals surface area contributed by atoms with Gasteiger partial charge in [-0.15, -0.1) is 0 Å². The molecule has 7 heteroatoms. The average molecular weight is 285 g/mol. The normalized spacial score (nSPS) is 10.7. The first-order valence-corrected chi connectivity index (χ1v) is 6.13. The van der Waals surface area contributed by atoms with E-state index < -0.39 is 4.92 Å². The fraction of sp³-hybridized carbons (Fsp3) is 0.0714. The highest BCUT2D eigenvalue weighted by molar-refractivity contribution is 5.85. The van der Waals surface area contributed by atoms with Crippen molar-refractivity contribution < 1.29 is 13.9 Å². The van der Waals surface area contributed by atoms with Crippen molar-refractivity contribution in [3.63, 3.8) is 0 Å². The first-order chi connectivity index (χ1) is 10.1. The second-order valence-electron chi connectivity index (χ2n) is 4.53. The number of aryl methyl sites for hydroxylation is 1. The minimum absolute atomic E-state index is 0.202. The summed E-state index contributed by atoms with van der Waals surface area (Å²) in [5, 5.41) is 14.4. The number of aromatic nitrogens is 1. The maximum absolute atomic E-state index is 10.7. The van der Waals surface area contributed by atoms with Crippen LogP contribution in [0.3, 0.4) is 0 Å². The van der Waals surface area contributed by atoms with E-state index in [4.69, 9.17) is 14.7 Å². The van der Waals surface area contributed by atoms with Gasteiger partial charge in [0.1, 0.15) is 4.92 Å². The lowest BCUT2D eigenvalue weighted by molar-refractivity contribution is -0.401. The van der Waals surface area contributed by atoms with Gasteiger partial charge in [-0.25, -0.2) is 0 Å². The van der Waals surface area contributed by atoms with E-state index in [2.05, 4.69) is 5.16 Å². The van der Waals surface area contributed by atoms with Crippen LogP contribution in [0, 0.1) is 17.0 Å². The summed E-state index contributed by atoms with van der Waals surface area (Å²) in [6.07, 6.45) is 0. The number of benzene rings is 1. The predicted molar refractivity (Wildman–Crippen MR) is 75.4 cm³/mol. The minimum atomic E-state index is -0.616. The summed E-state index contributed by atoms with van der Waals surface area (Å²) in [4.78, 5) is 10.1. The zero-order valence-electron chi connectivity index (χ0n) is 11.1. The third kappa shape index (κ3) is 2.25. The zero-order valence-corrected chi connectivity index (χ0v) is 11.1. The SMILES string of the molecule is Cc1ccc(-c2c(N)noc2-c2ccc([N+](=O)[O-])o2)cc1. The van der Waals surface area contributed by atoms with Gasteiger partial charge in [-0.3, -0.25) is 10.1 Å². The number of nitrogens with zero attached hydrogens (tertiary/aromatic N) is 2. The monoisotopic (exact) mass is 285 g/mol. The quantitative estimate of drug-likeness (QED) is 0.583. The van der Waals surface area contributed by atoms with Crippen LogP contribution in [0.25, 0.3) is 22.6 Å². The van der Waals surface area contributed by atoms with Crippen LogP contribution in [-0.4, -0.2) is 10.1 Å².